The van der Waals surface area contributed by atoms with Crippen LogP contribution in [0.1, 0.15) is 116 Å². The smallest absolute Gasteiger partial charge is 0.299 e. The third kappa shape index (κ3) is 19.4. The summed E-state index contributed by atoms with van der Waals surface area (Å²) in [6, 6.07) is 0. The lowest BCUT2D eigenvalue weighted by molar-refractivity contribution is -0.255. The topological polar surface area (TPSA) is 35.5 Å². The van der Waals surface area contributed by atoms with Crippen molar-refractivity contribution in [3.63, 3.8) is 0 Å². The summed E-state index contributed by atoms with van der Waals surface area (Å²) in [5.41, 5.74) is 0. The molecule has 0 bridgehead atoms. The fourth-order valence-corrected chi connectivity index (χ4v) is 2.95. The van der Waals surface area contributed by atoms with Crippen LogP contribution in [-0.2, 0) is 14.6 Å². The zero-order valence-electron chi connectivity index (χ0n) is 15.7. The van der Waals surface area contributed by atoms with E-state index in [0.717, 1.165) is 12.8 Å². The van der Waals surface area contributed by atoms with Gasteiger partial charge in [0, 0.05) is 6.42 Å². The molecule has 0 aliphatic carbocycles. The van der Waals surface area contributed by atoms with Crippen molar-refractivity contribution in [1.29, 1.82) is 0 Å². The van der Waals surface area contributed by atoms with E-state index in [1.165, 1.54) is 97.0 Å². The number of carbonyl (C=O) groups is 1. The van der Waals surface area contributed by atoms with Gasteiger partial charge < -0.3 is 0 Å². The molecule has 3 nitrogen and oxygen atoms in total. The van der Waals surface area contributed by atoms with Crippen molar-refractivity contribution in [3.05, 3.63) is 0 Å². The molecule has 0 unspecified atom stereocenters. The van der Waals surface area contributed by atoms with Crippen molar-refractivity contribution in [2.24, 2.45) is 0 Å². The van der Waals surface area contributed by atoms with Crippen LogP contribution in [0.25, 0.3) is 0 Å². The highest BCUT2D eigenvalue weighted by molar-refractivity contribution is 5.68. The van der Waals surface area contributed by atoms with E-state index >= 15 is 0 Å². The molecule has 0 heterocycles. The molecule has 23 heavy (non-hydrogen) atoms. The molecule has 0 aromatic carbocycles. The SMILES string of the molecule is CCCCCCCCCCCCCCCCCCC(=O)OOC. The van der Waals surface area contributed by atoms with Crippen LogP contribution in [0.3, 0.4) is 0 Å². The van der Waals surface area contributed by atoms with E-state index in [1.807, 2.05) is 0 Å². The number of hydrogen-bond acceptors (Lipinski definition) is 3. The van der Waals surface area contributed by atoms with Crippen LogP contribution >= 0.6 is 0 Å². The first-order valence-corrected chi connectivity index (χ1v) is 10.0. The second-order valence-corrected chi connectivity index (χ2v) is 6.68. The highest BCUT2D eigenvalue weighted by Crippen LogP contribution is 2.14. The molecule has 0 amide bonds. The zero-order valence-corrected chi connectivity index (χ0v) is 15.7. The average molecular weight is 329 g/mol. The summed E-state index contributed by atoms with van der Waals surface area (Å²) in [6.07, 6.45) is 22.0. The molecule has 138 valence electrons. The minimum absolute atomic E-state index is 0.252. The van der Waals surface area contributed by atoms with Gasteiger partial charge in [0.2, 0.25) is 0 Å². The van der Waals surface area contributed by atoms with E-state index in [9.17, 15) is 4.79 Å². The average Bonchev–Trinajstić information content (AvgIpc) is 2.54. The Morgan fingerprint density at radius 3 is 1.30 bits per heavy atom. The number of carbonyl (C=O) groups excluding carboxylic acids is 1. The van der Waals surface area contributed by atoms with Crippen molar-refractivity contribution in [2.75, 3.05) is 7.11 Å². The first-order valence-electron chi connectivity index (χ1n) is 10.0. The maximum absolute atomic E-state index is 11.0. The van der Waals surface area contributed by atoms with E-state index in [1.54, 1.807) is 0 Å². The Hall–Kier alpha value is -0.570. The second-order valence-electron chi connectivity index (χ2n) is 6.68. The van der Waals surface area contributed by atoms with Gasteiger partial charge in [-0.2, -0.15) is 4.89 Å². The van der Waals surface area contributed by atoms with Crippen LogP contribution in [0.15, 0.2) is 0 Å². The summed E-state index contributed by atoms with van der Waals surface area (Å²) < 4.78 is 0. The van der Waals surface area contributed by atoms with Crippen molar-refractivity contribution in [2.45, 2.75) is 116 Å². The Labute approximate surface area is 144 Å². The fourth-order valence-electron chi connectivity index (χ4n) is 2.95. The molecule has 0 aromatic rings. The summed E-state index contributed by atoms with van der Waals surface area (Å²) in [6.45, 7) is 2.28. The molecule has 0 spiro atoms. The Morgan fingerprint density at radius 1 is 0.609 bits per heavy atom. The van der Waals surface area contributed by atoms with Gasteiger partial charge in [-0.1, -0.05) is 103 Å². The van der Waals surface area contributed by atoms with Gasteiger partial charge in [0.15, 0.2) is 0 Å². The minimum Gasteiger partial charge on any atom is -0.299 e. The number of rotatable bonds is 18. The largest absolute Gasteiger partial charge is 0.342 e. The van der Waals surface area contributed by atoms with Gasteiger partial charge >= 0.3 is 5.97 Å². The highest BCUT2D eigenvalue weighted by Gasteiger charge is 2.02. The molecule has 3 heteroatoms. The van der Waals surface area contributed by atoms with Crippen molar-refractivity contribution >= 4 is 5.97 Å². The molecule has 0 fully saturated rings. The van der Waals surface area contributed by atoms with Crippen LogP contribution in [0.4, 0.5) is 0 Å². The summed E-state index contributed by atoms with van der Waals surface area (Å²) >= 11 is 0. The summed E-state index contributed by atoms with van der Waals surface area (Å²) in [5.74, 6) is -0.252. The predicted octanol–water partition coefficient (Wildman–Crippen LogP) is 6.74. The van der Waals surface area contributed by atoms with Crippen molar-refractivity contribution < 1.29 is 14.6 Å². The second kappa shape index (κ2) is 19.5. The van der Waals surface area contributed by atoms with Crippen LogP contribution < -0.4 is 0 Å². The molecule has 0 aliphatic rings. The highest BCUT2D eigenvalue weighted by atomic mass is 17.2. The van der Waals surface area contributed by atoms with Crippen LogP contribution in [0.2, 0.25) is 0 Å². The molecule has 0 N–H and O–H groups in total. The monoisotopic (exact) mass is 328 g/mol. The zero-order chi connectivity index (χ0) is 17.0. The van der Waals surface area contributed by atoms with Gasteiger partial charge in [-0.15, -0.1) is 0 Å². The van der Waals surface area contributed by atoms with Crippen molar-refractivity contribution in [1.82, 2.24) is 0 Å². The third-order valence-corrected chi connectivity index (χ3v) is 4.41. The van der Waals surface area contributed by atoms with Gasteiger partial charge in [-0.25, -0.2) is 4.79 Å². The molecular formula is C20H40O3. The van der Waals surface area contributed by atoms with Gasteiger partial charge in [0.05, 0.1) is 7.11 Å². The summed E-state index contributed by atoms with van der Waals surface area (Å²) in [4.78, 5) is 19.8. The lowest BCUT2D eigenvalue weighted by Crippen LogP contribution is -2.02. The Morgan fingerprint density at radius 2 is 0.957 bits per heavy atom. The molecule has 0 saturated heterocycles. The molecule has 0 rings (SSSR count). The predicted molar refractivity (Wildman–Crippen MR) is 97.3 cm³/mol. The minimum atomic E-state index is -0.252. The van der Waals surface area contributed by atoms with Crippen molar-refractivity contribution in [3.8, 4) is 0 Å². The lowest BCUT2D eigenvalue weighted by Gasteiger charge is -2.03. The van der Waals surface area contributed by atoms with E-state index < -0.39 is 0 Å². The quantitative estimate of drug-likeness (QED) is 0.159. The number of hydrogen-bond donors (Lipinski definition) is 0. The molecule has 0 aliphatic heterocycles. The van der Waals surface area contributed by atoms with E-state index in [-0.39, 0.29) is 5.97 Å². The van der Waals surface area contributed by atoms with E-state index in [2.05, 4.69) is 16.7 Å². The van der Waals surface area contributed by atoms with Gasteiger partial charge in [0.1, 0.15) is 0 Å². The number of unbranched alkanes of at least 4 members (excludes halogenated alkanes) is 15. The van der Waals surface area contributed by atoms with Gasteiger partial charge in [-0.3, -0.25) is 4.89 Å². The summed E-state index contributed by atoms with van der Waals surface area (Å²) in [7, 11) is 1.37. The molecule has 0 aromatic heterocycles. The van der Waals surface area contributed by atoms with Crippen LogP contribution in [0.5, 0.6) is 0 Å². The van der Waals surface area contributed by atoms with Crippen LogP contribution in [0, 0.1) is 0 Å². The molecule has 0 saturated carbocycles. The summed E-state index contributed by atoms with van der Waals surface area (Å²) in [5, 5.41) is 0. The normalized spacial score (nSPS) is 10.9. The first-order chi connectivity index (χ1) is 11.3. The molecule has 0 radical (unpaired) electrons. The van der Waals surface area contributed by atoms with E-state index in [4.69, 9.17) is 0 Å². The first kappa shape index (κ1) is 22.4. The maximum Gasteiger partial charge on any atom is 0.342 e. The Bertz CT molecular complexity index is 241. The molecule has 0 atom stereocenters. The van der Waals surface area contributed by atoms with Crippen LogP contribution in [-0.4, -0.2) is 13.1 Å². The molecular weight excluding hydrogens is 288 g/mol. The third-order valence-electron chi connectivity index (χ3n) is 4.41. The van der Waals surface area contributed by atoms with Gasteiger partial charge in [0.25, 0.3) is 0 Å². The Balaban J connectivity index is 3.01. The fraction of sp³-hybridized carbons (Fsp3) is 0.950. The lowest BCUT2D eigenvalue weighted by atomic mass is 10.0. The Kier molecular flexibility index (Phi) is 19.0. The standard InChI is InChI=1S/C20H40O3/c1-3-4-5-6-7-8-9-10-11-12-13-14-15-16-17-18-19-20(21)23-22-2/h3-19H2,1-2H3. The van der Waals surface area contributed by atoms with E-state index in [0.29, 0.717) is 6.42 Å². The van der Waals surface area contributed by atoms with Gasteiger partial charge in [-0.05, 0) is 6.42 Å². The maximum atomic E-state index is 11.0.